The van der Waals surface area contributed by atoms with E-state index in [1.54, 1.807) is 18.5 Å². The quantitative estimate of drug-likeness (QED) is 0.855. The molecule has 0 radical (unpaired) electrons. The maximum absolute atomic E-state index is 12.3. The molecule has 1 saturated carbocycles. The van der Waals surface area contributed by atoms with Crippen LogP contribution in [0.3, 0.4) is 0 Å². The van der Waals surface area contributed by atoms with Gasteiger partial charge in [-0.2, -0.15) is 0 Å². The third-order valence-electron chi connectivity index (χ3n) is 4.04. The molecule has 0 aliphatic heterocycles. The maximum atomic E-state index is 12.3. The van der Waals surface area contributed by atoms with Crippen molar-refractivity contribution in [2.75, 3.05) is 0 Å². The zero-order valence-electron chi connectivity index (χ0n) is 12.7. The molecule has 112 valence electrons. The fourth-order valence-corrected chi connectivity index (χ4v) is 2.61. The van der Waals surface area contributed by atoms with Gasteiger partial charge in [-0.25, -0.2) is 0 Å². The molecule has 0 bridgehead atoms. The smallest absolute Gasteiger partial charge is 0.244 e. The number of nitrogens with one attached hydrogen (secondary N) is 1. The van der Waals surface area contributed by atoms with Gasteiger partial charge in [0.25, 0.3) is 0 Å². The molecule has 3 nitrogen and oxygen atoms in total. The predicted octanol–water partition coefficient (Wildman–Crippen LogP) is 3.64. The molecule has 0 spiro atoms. The first kappa shape index (κ1) is 14.5. The fraction of sp³-hybridized carbons (Fsp3) is 0.263. The number of nitrogens with zero attached hydrogens (tertiary/aromatic N) is 1. The number of benzene rings is 1. The number of aromatic nitrogens is 1. The maximum Gasteiger partial charge on any atom is 0.244 e. The molecule has 1 unspecified atom stereocenters. The van der Waals surface area contributed by atoms with Gasteiger partial charge in [0.1, 0.15) is 0 Å². The van der Waals surface area contributed by atoms with Crippen molar-refractivity contribution < 1.29 is 4.79 Å². The van der Waals surface area contributed by atoms with Crippen molar-refractivity contribution in [3.05, 3.63) is 77.6 Å². The van der Waals surface area contributed by atoms with Gasteiger partial charge in [0.2, 0.25) is 5.91 Å². The Morgan fingerprint density at radius 1 is 1.14 bits per heavy atom. The lowest BCUT2D eigenvalue weighted by atomic mass is 9.99. The van der Waals surface area contributed by atoms with Gasteiger partial charge in [-0.3, -0.25) is 9.78 Å². The summed E-state index contributed by atoms with van der Waals surface area (Å²) in [7, 11) is 0. The van der Waals surface area contributed by atoms with Gasteiger partial charge in [-0.05, 0) is 48.9 Å². The van der Waals surface area contributed by atoms with Crippen LogP contribution < -0.4 is 5.32 Å². The predicted molar refractivity (Wildman–Crippen MR) is 87.1 cm³/mol. The first-order valence-corrected chi connectivity index (χ1v) is 7.67. The Labute approximate surface area is 131 Å². The van der Waals surface area contributed by atoms with Crippen LogP contribution in [0.5, 0.6) is 0 Å². The van der Waals surface area contributed by atoms with Crippen LogP contribution >= 0.6 is 0 Å². The Morgan fingerprint density at radius 2 is 1.77 bits per heavy atom. The van der Waals surface area contributed by atoms with Crippen LogP contribution in [0.1, 0.15) is 36.9 Å². The molecule has 1 atom stereocenters. The number of amides is 1. The van der Waals surface area contributed by atoms with E-state index in [0.29, 0.717) is 5.92 Å². The highest BCUT2D eigenvalue weighted by Crippen LogP contribution is 2.35. The van der Waals surface area contributed by atoms with Gasteiger partial charge in [0.15, 0.2) is 0 Å². The van der Waals surface area contributed by atoms with E-state index < -0.39 is 0 Å². The number of allylic oxidation sites excluding steroid dienone is 1. The monoisotopic (exact) mass is 292 g/mol. The van der Waals surface area contributed by atoms with Crippen molar-refractivity contribution in [3.8, 4) is 0 Å². The highest BCUT2D eigenvalue weighted by atomic mass is 16.1. The summed E-state index contributed by atoms with van der Waals surface area (Å²) in [6.45, 7) is 2.04. The third kappa shape index (κ3) is 3.61. The molecular weight excluding hydrogens is 272 g/mol. The van der Waals surface area contributed by atoms with E-state index in [2.05, 4.69) is 10.3 Å². The normalized spacial score (nSPS) is 16.1. The highest BCUT2D eigenvalue weighted by Gasteiger charge is 2.24. The van der Waals surface area contributed by atoms with Crippen molar-refractivity contribution in [1.29, 1.82) is 0 Å². The number of pyridine rings is 1. The summed E-state index contributed by atoms with van der Waals surface area (Å²) < 4.78 is 0. The molecular formula is C19H20N2O. The van der Waals surface area contributed by atoms with Gasteiger partial charge < -0.3 is 5.32 Å². The van der Waals surface area contributed by atoms with Gasteiger partial charge in [0.05, 0.1) is 6.04 Å². The molecule has 2 aromatic rings. The first-order valence-electron chi connectivity index (χ1n) is 7.67. The summed E-state index contributed by atoms with van der Waals surface area (Å²) in [5, 5.41) is 3.12. The summed E-state index contributed by atoms with van der Waals surface area (Å²) in [6.07, 6.45) is 7.67. The Kier molecular flexibility index (Phi) is 4.33. The molecule has 1 N–H and O–H groups in total. The largest absolute Gasteiger partial charge is 0.342 e. The lowest BCUT2D eigenvalue weighted by molar-refractivity contribution is -0.117. The minimum absolute atomic E-state index is 0.0323. The first-order chi connectivity index (χ1) is 10.7. The molecule has 1 amide bonds. The lowest BCUT2D eigenvalue weighted by Crippen LogP contribution is -2.28. The van der Waals surface area contributed by atoms with Crippen LogP contribution in [-0.2, 0) is 4.79 Å². The Balaban J connectivity index is 1.83. The van der Waals surface area contributed by atoms with Crippen LogP contribution in [0.25, 0.3) is 0 Å². The Morgan fingerprint density at radius 3 is 2.41 bits per heavy atom. The second-order valence-electron chi connectivity index (χ2n) is 5.80. The Hall–Kier alpha value is -2.42. The number of hydrogen-bond acceptors (Lipinski definition) is 2. The zero-order chi connectivity index (χ0) is 15.4. The van der Waals surface area contributed by atoms with Crippen LogP contribution in [-0.4, -0.2) is 10.9 Å². The highest BCUT2D eigenvalue weighted by molar-refractivity contribution is 5.89. The van der Waals surface area contributed by atoms with Crippen LogP contribution in [0.15, 0.2) is 66.5 Å². The van der Waals surface area contributed by atoms with Crippen molar-refractivity contribution >= 4 is 5.91 Å². The van der Waals surface area contributed by atoms with E-state index in [-0.39, 0.29) is 11.9 Å². The molecule has 1 aromatic heterocycles. The van der Waals surface area contributed by atoms with Crippen molar-refractivity contribution in [3.63, 3.8) is 0 Å². The van der Waals surface area contributed by atoms with Gasteiger partial charge >= 0.3 is 0 Å². The molecule has 1 aromatic carbocycles. The van der Waals surface area contributed by atoms with E-state index in [4.69, 9.17) is 0 Å². The minimum atomic E-state index is -0.153. The Bertz CT molecular complexity index is 621. The SMILES string of the molecule is CC(=CC(=O)NC(c1ccccc1)c1ccncc1)C1CC1. The number of carbonyl (C=O) groups excluding carboxylic acids is 1. The lowest BCUT2D eigenvalue weighted by Gasteiger charge is -2.19. The second-order valence-corrected chi connectivity index (χ2v) is 5.80. The van der Waals surface area contributed by atoms with Crippen LogP contribution in [0.4, 0.5) is 0 Å². The van der Waals surface area contributed by atoms with E-state index in [0.717, 1.165) is 11.1 Å². The molecule has 1 aliphatic rings. The molecule has 0 saturated heterocycles. The molecule has 1 aliphatic carbocycles. The summed E-state index contributed by atoms with van der Waals surface area (Å²) in [6, 6.07) is 13.7. The average molecular weight is 292 g/mol. The van der Waals surface area contributed by atoms with Crippen LogP contribution in [0.2, 0.25) is 0 Å². The average Bonchev–Trinajstić information content (AvgIpc) is 3.39. The van der Waals surface area contributed by atoms with Gasteiger partial charge in [-0.1, -0.05) is 35.9 Å². The van der Waals surface area contributed by atoms with Crippen LogP contribution in [0, 0.1) is 5.92 Å². The van der Waals surface area contributed by atoms with Gasteiger partial charge in [0, 0.05) is 18.5 Å². The van der Waals surface area contributed by atoms with E-state index >= 15 is 0 Å². The second kappa shape index (κ2) is 6.56. The summed E-state index contributed by atoms with van der Waals surface area (Å²) in [4.78, 5) is 16.4. The minimum Gasteiger partial charge on any atom is -0.342 e. The topological polar surface area (TPSA) is 42.0 Å². The molecule has 3 rings (SSSR count). The van der Waals surface area contributed by atoms with Gasteiger partial charge in [-0.15, -0.1) is 0 Å². The van der Waals surface area contributed by atoms with Crippen molar-refractivity contribution in [1.82, 2.24) is 10.3 Å². The van der Waals surface area contributed by atoms with E-state index in [9.17, 15) is 4.79 Å². The molecule has 22 heavy (non-hydrogen) atoms. The summed E-state index contributed by atoms with van der Waals surface area (Å²) in [5.41, 5.74) is 3.28. The summed E-state index contributed by atoms with van der Waals surface area (Å²) in [5.74, 6) is 0.580. The molecule has 1 heterocycles. The number of hydrogen-bond donors (Lipinski definition) is 1. The zero-order valence-corrected chi connectivity index (χ0v) is 12.7. The fourth-order valence-electron chi connectivity index (χ4n) is 2.61. The molecule has 3 heteroatoms. The van der Waals surface area contributed by atoms with E-state index in [1.807, 2.05) is 49.4 Å². The number of carbonyl (C=O) groups is 1. The molecule has 1 fully saturated rings. The third-order valence-corrected chi connectivity index (χ3v) is 4.04. The van der Waals surface area contributed by atoms with E-state index in [1.165, 1.54) is 18.4 Å². The summed E-state index contributed by atoms with van der Waals surface area (Å²) >= 11 is 0. The van der Waals surface area contributed by atoms with Crippen molar-refractivity contribution in [2.45, 2.75) is 25.8 Å². The standard InChI is InChI=1S/C19H20N2O/c1-14(15-7-8-15)13-18(22)21-19(16-5-3-2-4-6-16)17-9-11-20-12-10-17/h2-6,9-13,15,19H,7-8H2,1H3,(H,21,22). The number of rotatable bonds is 5. The van der Waals surface area contributed by atoms with Crippen molar-refractivity contribution in [2.24, 2.45) is 5.92 Å².